The summed E-state index contributed by atoms with van der Waals surface area (Å²) in [7, 11) is -2.09. The van der Waals surface area contributed by atoms with Gasteiger partial charge in [-0.15, -0.1) is 4.76 Å². The van der Waals surface area contributed by atoms with Crippen molar-refractivity contribution in [3.8, 4) is 0 Å². The molecular formula is C21H40N3O11P. The molecule has 0 bridgehead atoms. The summed E-state index contributed by atoms with van der Waals surface area (Å²) in [6.07, 6.45) is -3.88. The molecule has 2 atom stereocenters. The first-order valence-corrected chi connectivity index (χ1v) is 13.0. The molecule has 15 heteroatoms. The van der Waals surface area contributed by atoms with E-state index in [1.807, 2.05) is 0 Å². The summed E-state index contributed by atoms with van der Waals surface area (Å²) in [5, 5.41) is 0. The number of methoxy groups -OCH3 is 1. The molecule has 2 N–H and O–H groups in total. The van der Waals surface area contributed by atoms with Gasteiger partial charge in [-0.3, -0.25) is 4.79 Å². The van der Waals surface area contributed by atoms with Crippen LogP contribution in [0.2, 0.25) is 0 Å². The van der Waals surface area contributed by atoms with E-state index in [0.717, 1.165) is 4.90 Å². The highest BCUT2D eigenvalue weighted by Gasteiger charge is 2.39. The third-order valence-electron chi connectivity index (χ3n) is 4.05. The Bertz CT molecular complexity index is 736. The Morgan fingerprint density at radius 3 is 1.64 bits per heavy atom. The first-order chi connectivity index (χ1) is 16.8. The fourth-order valence-corrected chi connectivity index (χ4v) is 3.71. The highest BCUT2D eigenvalue weighted by molar-refractivity contribution is 7.52. The number of ether oxygens (including phenoxy) is 5. The van der Waals surface area contributed by atoms with E-state index in [4.69, 9.17) is 33.7 Å². The Balaban J connectivity index is 6.08. The third kappa shape index (κ3) is 13.5. The Hall–Kier alpha value is -2.57. The second-order valence-corrected chi connectivity index (χ2v) is 9.79. The molecule has 0 aromatic heterocycles. The number of carbonyl (C=O) groups excluding carboxylic acids is 3. The van der Waals surface area contributed by atoms with Crippen molar-refractivity contribution in [1.82, 2.24) is 4.90 Å². The minimum Gasteiger partial charge on any atom is -0.468 e. The minimum absolute atomic E-state index is 0.102. The van der Waals surface area contributed by atoms with E-state index in [-0.39, 0.29) is 19.8 Å². The summed E-state index contributed by atoms with van der Waals surface area (Å²) >= 11 is 0. The van der Waals surface area contributed by atoms with Gasteiger partial charge in [0, 0.05) is 18.9 Å². The van der Waals surface area contributed by atoms with Gasteiger partial charge in [-0.25, -0.2) is 23.2 Å². The number of guanidine groups is 1. The van der Waals surface area contributed by atoms with Crippen LogP contribution in [0.3, 0.4) is 0 Å². The van der Waals surface area contributed by atoms with Crippen molar-refractivity contribution >= 4 is 32.0 Å². The Labute approximate surface area is 212 Å². The summed E-state index contributed by atoms with van der Waals surface area (Å²) in [6.45, 7) is 9.96. The van der Waals surface area contributed by atoms with Gasteiger partial charge in [0.15, 0.2) is 0 Å². The van der Waals surface area contributed by atoms with E-state index in [1.165, 1.54) is 14.2 Å². The molecule has 0 saturated heterocycles. The van der Waals surface area contributed by atoms with Gasteiger partial charge in [0.1, 0.15) is 6.54 Å². The molecule has 0 aromatic rings. The smallest absolute Gasteiger partial charge is 0.468 e. The number of hydrogen-bond acceptors (Lipinski definition) is 11. The monoisotopic (exact) mass is 541 g/mol. The average molecular weight is 542 g/mol. The SMILES string of the molecule is CCCOC(=O)OC(OP(=O)(N=C(N)N(C)CC(=O)OC)OC(OC(=O)OCCC)C(C)C)C(C)C. The first-order valence-electron chi connectivity index (χ1n) is 11.6. The van der Waals surface area contributed by atoms with Crippen molar-refractivity contribution in [3.63, 3.8) is 0 Å². The second-order valence-electron chi connectivity index (χ2n) is 8.23. The number of likely N-dealkylation sites (N-methyl/N-ethyl adjacent to an activating group) is 1. The fourth-order valence-electron chi connectivity index (χ4n) is 2.06. The standard InChI is InChI=1S/C21H40N3O11P/c1-9-11-30-20(26)32-17(14(3)4)34-36(28,23-19(22)24(7)13-16(25)29-8)35-18(15(5)6)33-21(27)31-12-10-2/h14-15,17-18H,9-13H2,1-8H3,(H2,22,23,28). The van der Waals surface area contributed by atoms with Crippen LogP contribution in [0.5, 0.6) is 0 Å². The molecule has 0 heterocycles. The molecule has 0 radical (unpaired) electrons. The van der Waals surface area contributed by atoms with E-state index in [2.05, 4.69) is 9.50 Å². The van der Waals surface area contributed by atoms with Gasteiger partial charge in [-0.05, 0) is 12.8 Å². The predicted octanol–water partition coefficient (Wildman–Crippen LogP) is 3.64. The van der Waals surface area contributed by atoms with Crippen molar-refractivity contribution in [2.24, 2.45) is 22.3 Å². The molecule has 0 aromatic carbocycles. The Kier molecular flexibility index (Phi) is 15.8. The molecule has 210 valence electrons. The van der Waals surface area contributed by atoms with Crippen molar-refractivity contribution in [3.05, 3.63) is 0 Å². The van der Waals surface area contributed by atoms with Crippen LogP contribution in [0, 0.1) is 11.8 Å². The third-order valence-corrected chi connectivity index (χ3v) is 5.44. The summed E-state index contributed by atoms with van der Waals surface area (Å²) in [5.74, 6) is -2.13. The van der Waals surface area contributed by atoms with E-state index in [0.29, 0.717) is 12.8 Å². The number of hydrogen-bond donors (Lipinski definition) is 1. The Morgan fingerprint density at radius 2 is 1.31 bits per heavy atom. The fraction of sp³-hybridized carbons (Fsp3) is 0.810. The van der Waals surface area contributed by atoms with Crippen LogP contribution < -0.4 is 5.73 Å². The maximum atomic E-state index is 13.8. The molecule has 0 aliphatic carbocycles. The van der Waals surface area contributed by atoms with Gasteiger partial charge < -0.3 is 34.3 Å². The summed E-state index contributed by atoms with van der Waals surface area (Å²) in [6, 6.07) is 0. The number of carbonyl (C=O) groups is 3. The molecule has 2 unspecified atom stereocenters. The molecule has 0 saturated carbocycles. The topological polar surface area (TPSA) is 175 Å². The number of esters is 1. The van der Waals surface area contributed by atoms with E-state index < -0.39 is 56.4 Å². The quantitative estimate of drug-likeness (QED) is 0.0795. The van der Waals surface area contributed by atoms with Crippen LogP contribution in [-0.2, 0) is 42.1 Å². The zero-order valence-corrected chi connectivity index (χ0v) is 23.1. The minimum atomic E-state index is -4.66. The molecule has 0 aliphatic rings. The van der Waals surface area contributed by atoms with E-state index in [9.17, 15) is 18.9 Å². The lowest BCUT2D eigenvalue weighted by atomic mass is 10.2. The molecule has 0 rings (SSSR count). The maximum Gasteiger partial charge on any atom is 0.510 e. The second kappa shape index (κ2) is 17.0. The van der Waals surface area contributed by atoms with Crippen LogP contribution in [-0.4, -0.2) is 75.6 Å². The van der Waals surface area contributed by atoms with Crippen LogP contribution in [0.1, 0.15) is 54.4 Å². The van der Waals surface area contributed by atoms with Crippen molar-refractivity contribution in [2.75, 3.05) is 33.9 Å². The van der Waals surface area contributed by atoms with Gasteiger partial charge in [-0.1, -0.05) is 41.5 Å². The van der Waals surface area contributed by atoms with E-state index >= 15 is 0 Å². The van der Waals surface area contributed by atoms with Crippen LogP contribution in [0.15, 0.2) is 4.76 Å². The molecule has 0 fully saturated rings. The van der Waals surface area contributed by atoms with Gasteiger partial charge in [-0.2, -0.15) is 0 Å². The van der Waals surface area contributed by atoms with Crippen LogP contribution in [0.4, 0.5) is 9.59 Å². The van der Waals surface area contributed by atoms with Gasteiger partial charge >= 0.3 is 26.0 Å². The molecular weight excluding hydrogens is 501 g/mol. The summed E-state index contributed by atoms with van der Waals surface area (Å²) < 4.78 is 53.3. The lowest BCUT2D eigenvalue weighted by molar-refractivity contribution is -0.140. The zero-order valence-electron chi connectivity index (χ0n) is 22.3. The van der Waals surface area contributed by atoms with Gasteiger partial charge in [0.2, 0.25) is 18.5 Å². The highest BCUT2D eigenvalue weighted by atomic mass is 31.2. The summed E-state index contributed by atoms with van der Waals surface area (Å²) in [4.78, 5) is 36.7. The molecule has 0 amide bonds. The number of rotatable bonds is 15. The number of nitrogens with zero attached hydrogens (tertiary/aromatic N) is 2. The Morgan fingerprint density at radius 1 is 0.889 bits per heavy atom. The molecule has 0 aliphatic heterocycles. The maximum absolute atomic E-state index is 13.8. The number of nitrogens with two attached hydrogens (primary N) is 1. The lowest BCUT2D eigenvalue weighted by Gasteiger charge is -2.28. The van der Waals surface area contributed by atoms with Gasteiger partial charge in [0.05, 0.1) is 20.3 Å². The average Bonchev–Trinajstić information content (AvgIpc) is 2.79. The van der Waals surface area contributed by atoms with Crippen molar-refractivity contribution < 1.29 is 51.7 Å². The zero-order chi connectivity index (χ0) is 27.9. The van der Waals surface area contributed by atoms with Crippen molar-refractivity contribution in [2.45, 2.75) is 67.0 Å². The molecule has 36 heavy (non-hydrogen) atoms. The van der Waals surface area contributed by atoms with Crippen LogP contribution >= 0.6 is 7.75 Å². The first kappa shape index (κ1) is 33.4. The normalized spacial score (nSPS) is 15.0. The molecule has 0 spiro atoms. The van der Waals surface area contributed by atoms with Crippen molar-refractivity contribution in [1.29, 1.82) is 0 Å². The van der Waals surface area contributed by atoms with E-state index in [1.54, 1.807) is 41.5 Å². The summed E-state index contributed by atoms with van der Waals surface area (Å²) in [5.41, 5.74) is 5.91. The van der Waals surface area contributed by atoms with Crippen LogP contribution in [0.25, 0.3) is 0 Å². The largest absolute Gasteiger partial charge is 0.510 e. The highest BCUT2D eigenvalue weighted by Crippen LogP contribution is 2.54. The predicted molar refractivity (Wildman–Crippen MR) is 129 cm³/mol. The molecule has 14 nitrogen and oxygen atoms in total. The van der Waals surface area contributed by atoms with Gasteiger partial charge in [0.25, 0.3) is 0 Å². The lowest BCUT2D eigenvalue weighted by Crippen LogP contribution is -2.38.